The maximum absolute atomic E-state index is 4.90. The normalized spacial score (nSPS) is 10.8. The monoisotopic (exact) mass is 260 g/mol. The molecule has 3 aromatic rings. The number of imidazole rings is 1. The lowest BCUT2D eigenvalue weighted by Gasteiger charge is -2.05. The van der Waals surface area contributed by atoms with Gasteiger partial charge in [0.05, 0.1) is 12.9 Å². The van der Waals surface area contributed by atoms with Crippen LogP contribution >= 0.6 is 0 Å². The Bertz CT molecular complexity index is 702. The third-order valence-corrected chi connectivity index (χ3v) is 2.49. The molecule has 0 atom stereocenters. The average Bonchev–Trinajstić information content (AvgIpc) is 3.04. The Kier molecular flexibility index (Phi) is 2.71. The van der Waals surface area contributed by atoms with E-state index >= 15 is 0 Å². The number of hydrogen-bond acceptors (Lipinski definition) is 8. The van der Waals surface area contributed by atoms with Gasteiger partial charge in [0, 0.05) is 14.0 Å². The number of aryl methyl sites for hydroxylation is 1. The molecule has 0 unspecified atom stereocenters. The summed E-state index contributed by atoms with van der Waals surface area (Å²) < 4.78 is 4.90. The molecule has 0 amide bonds. The molecule has 98 valence electrons. The lowest BCUT2D eigenvalue weighted by atomic mass is 10.4. The fourth-order valence-electron chi connectivity index (χ4n) is 1.65. The number of aromatic amines is 1. The SMILES string of the molecule is CNc1nc(NCc2noc(C)n2)c2[nH]cnc2n1. The van der Waals surface area contributed by atoms with Crippen LogP contribution < -0.4 is 10.6 Å². The highest BCUT2D eigenvalue weighted by molar-refractivity contribution is 5.83. The molecule has 0 bridgehead atoms. The van der Waals surface area contributed by atoms with E-state index in [-0.39, 0.29) is 0 Å². The Morgan fingerprint density at radius 1 is 1.32 bits per heavy atom. The maximum atomic E-state index is 4.90. The highest BCUT2D eigenvalue weighted by Crippen LogP contribution is 2.18. The van der Waals surface area contributed by atoms with Gasteiger partial charge in [0.15, 0.2) is 17.3 Å². The number of fused-ring (bicyclic) bond motifs is 1. The minimum atomic E-state index is 0.408. The molecule has 9 heteroatoms. The van der Waals surface area contributed by atoms with Gasteiger partial charge in [0.2, 0.25) is 11.8 Å². The summed E-state index contributed by atoms with van der Waals surface area (Å²) in [5, 5.41) is 9.82. The van der Waals surface area contributed by atoms with Crippen molar-refractivity contribution in [2.45, 2.75) is 13.5 Å². The van der Waals surface area contributed by atoms with Crippen molar-refractivity contribution >= 4 is 22.9 Å². The van der Waals surface area contributed by atoms with Gasteiger partial charge < -0.3 is 20.1 Å². The molecule has 0 fully saturated rings. The van der Waals surface area contributed by atoms with Gasteiger partial charge in [-0.25, -0.2) is 4.98 Å². The average molecular weight is 260 g/mol. The molecular weight excluding hydrogens is 248 g/mol. The number of nitrogens with one attached hydrogen (secondary N) is 3. The maximum Gasteiger partial charge on any atom is 0.226 e. The number of nitrogens with zero attached hydrogens (tertiary/aromatic N) is 5. The van der Waals surface area contributed by atoms with E-state index in [4.69, 9.17) is 4.52 Å². The Morgan fingerprint density at radius 2 is 2.21 bits per heavy atom. The molecular formula is C10H12N8O. The van der Waals surface area contributed by atoms with Crippen LogP contribution in [-0.4, -0.2) is 37.1 Å². The van der Waals surface area contributed by atoms with Crippen LogP contribution in [0.2, 0.25) is 0 Å². The summed E-state index contributed by atoms with van der Waals surface area (Å²) in [6.45, 7) is 2.15. The third kappa shape index (κ3) is 2.17. The topological polar surface area (TPSA) is 117 Å². The summed E-state index contributed by atoms with van der Waals surface area (Å²) in [5.41, 5.74) is 1.32. The van der Waals surface area contributed by atoms with Crippen LogP contribution in [0.15, 0.2) is 10.9 Å². The highest BCUT2D eigenvalue weighted by atomic mass is 16.5. The van der Waals surface area contributed by atoms with Crippen molar-refractivity contribution in [1.82, 2.24) is 30.1 Å². The van der Waals surface area contributed by atoms with Gasteiger partial charge in [-0.2, -0.15) is 15.0 Å². The molecule has 9 nitrogen and oxygen atoms in total. The predicted octanol–water partition coefficient (Wildman–Crippen LogP) is 0.698. The fraction of sp³-hybridized carbons (Fsp3) is 0.300. The zero-order chi connectivity index (χ0) is 13.2. The van der Waals surface area contributed by atoms with Crippen LogP contribution in [0.3, 0.4) is 0 Å². The van der Waals surface area contributed by atoms with Crippen LogP contribution in [0, 0.1) is 6.92 Å². The molecule has 0 saturated heterocycles. The van der Waals surface area contributed by atoms with E-state index in [1.807, 2.05) is 0 Å². The second-order valence-corrected chi connectivity index (χ2v) is 3.83. The van der Waals surface area contributed by atoms with E-state index in [0.29, 0.717) is 35.7 Å². The molecule has 0 aromatic carbocycles. The molecule has 0 aliphatic rings. The lowest BCUT2D eigenvalue weighted by molar-refractivity contribution is 0.388. The molecule has 19 heavy (non-hydrogen) atoms. The summed E-state index contributed by atoms with van der Waals surface area (Å²) in [6.07, 6.45) is 1.57. The number of rotatable bonds is 4. The third-order valence-electron chi connectivity index (χ3n) is 2.49. The Hall–Kier alpha value is -2.71. The van der Waals surface area contributed by atoms with Gasteiger partial charge in [0.1, 0.15) is 5.52 Å². The number of hydrogen-bond donors (Lipinski definition) is 3. The lowest BCUT2D eigenvalue weighted by Crippen LogP contribution is -2.06. The van der Waals surface area contributed by atoms with Gasteiger partial charge in [-0.3, -0.25) is 0 Å². The van der Waals surface area contributed by atoms with Crippen LogP contribution in [0.5, 0.6) is 0 Å². The summed E-state index contributed by atoms with van der Waals surface area (Å²) in [7, 11) is 1.75. The largest absolute Gasteiger partial charge is 0.361 e. The molecule has 0 spiro atoms. The van der Waals surface area contributed by atoms with Crippen molar-refractivity contribution in [3.8, 4) is 0 Å². The first-order valence-electron chi connectivity index (χ1n) is 5.68. The first-order chi connectivity index (χ1) is 9.26. The van der Waals surface area contributed by atoms with Crippen LogP contribution in [0.25, 0.3) is 11.2 Å². The Labute approximate surface area is 107 Å². The summed E-state index contributed by atoms with van der Waals surface area (Å²) in [4.78, 5) is 19.8. The van der Waals surface area contributed by atoms with Gasteiger partial charge in [0.25, 0.3) is 0 Å². The number of H-pyrrole nitrogens is 1. The van der Waals surface area contributed by atoms with E-state index in [2.05, 4.69) is 40.7 Å². The second-order valence-electron chi connectivity index (χ2n) is 3.83. The summed E-state index contributed by atoms with van der Waals surface area (Å²) >= 11 is 0. The number of anilines is 2. The summed E-state index contributed by atoms with van der Waals surface area (Å²) in [5.74, 6) is 2.22. The van der Waals surface area contributed by atoms with E-state index in [1.165, 1.54) is 0 Å². The van der Waals surface area contributed by atoms with Gasteiger partial charge in [-0.05, 0) is 0 Å². The Balaban J connectivity index is 1.88. The van der Waals surface area contributed by atoms with Crippen LogP contribution in [0.4, 0.5) is 11.8 Å². The Morgan fingerprint density at radius 3 is 2.95 bits per heavy atom. The molecule has 0 radical (unpaired) electrons. The number of aromatic nitrogens is 6. The zero-order valence-corrected chi connectivity index (χ0v) is 10.4. The van der Waals surface area contributed by atoms with Crippen molar-refractivity contribution in [2.24, 2.45) is 0 Å². The molecule has 3 aromatic heterocycles. The van der Waals surface area contributed by atoms with E-state index in [1.54, 1.807) is 20.3 Å². The van der Waals surface area contributed by atoms with Crippen molar-refractivity contribution in [2.75, 3.05) is 17.7 Å². The van der Waals surface area contributed by atoms with Crippen molar-refractivity contribution < 1.29 is 4.52 Å². The second kappa shape index (κ2) is 4.52. The van der Waals surface area contributed by atoms with E-state index in [0.717, 1.165) is 5.52 Å². The molecule has 0 aliphatic heterocycles. The standard InChI is InChI=1S/C10H12N8O/c1-5-15-6(18-19-5)3-12-8-7-9(14-4-13-7)17-10(11-2)16-8/h4H,3H2,1-2H3,(H3,11,12,13,14,16,17). The first-order valence-corrected chi connectivity index (χ1v) is 5.68. The van der Waals surface area contributed by atoms with Gasteiger partial charge in [-0.1, -0.05) is 5.16 Å². The molecule has 3 N–H and O–H groups in total. The minimum Gasteiger partial charge on any atom is -0.361 e. The van der Waals surface area contributed by atoms with Crippen molar-refractivity contribution in [3.05, 3.63) is 18.0 Å². The highest BCUT2D eigenvalue weighted by Gasteiger charge is 2.10. The van der Waals surface area contributed by atoms with Crippen molar-refractivity contribution in [3.63, 3.8) is 0 Å². The van der Waals surface area contributed by atoms with Crippen LogP contribution in [0.1, 0.15) is 11.7 Å². The van der Waals surface area contributed by atoms with Crippen molar-refractivity contribution in [1.29, 1.82) is 0 Å². The minimum absolute atomic E-state index is 0.408. The van der Waals surface area contributed by atoms with E-state index < -0.39 is 0 Å². The van der Waals surface area contributed by atoms with Gasteiger partial charge >= 0.3 is 0 Å². The predicted molar refractivity (Wildman–Crippen MR) is 67.6 cm³/mol. The van der Waals surface area contributed by atoms with E-state index in [9.17, 15) is 0 Å². The molecule has 3 heterocycles. The summed E-state index contributed by atoms with van der Waals surface area (Å²) in [6, 6.07) is 0. The van der Waals surface area contributed by atoms with Crippen LogP contribution in [-0.2, 0) is 6.54 Å². The first kappa shape index (κ1) is 11.4. The quantitative estimate of drug-likeness (QED) is 0.627. The fourth-order valence-corrected chi connectivity index (χ4v) is 1.65. The molecule has 0 aliphatic carbocycles. The smallest absolute Gasteiger partial charge is 0.226 e. The van der Waals surface area contributed by atoms with Gasteiger partial charge in [-0.15, -0.1) is 0 Å². The molecule has 0 saturated carbocycles. The molecule has 3 rings (SSSR count). The zero-order valence-electron chi connectivity index (χ0n) is 10.4.